The van der Waals surface area contributed by atoms with E-state index in [1.54, 1.807) is 21.3 Å². The summed E-state index contributed by atoms with van der Waals surface area (Å²) in [4.78, 5) is 19.8. The average molecular weight is 429 g/mol. The monoisotopic (exact) mass is 428 g/mol. The molecule has 1 aromatic heterocycles. The fraction of sp³-hybridized carbons (Fsp3) is 0.625. The molecule has 0 spiro atoms. The maximum atomic E-state index is 13.6. The SMILES string of the molecule is COCCC1C[C@@H]2CN3CCc4c([nH]c5cc(OC)c(OC)cc45)C(C(=O)OC)(C2)C13. The molecule has 7 heteroatoms. The highest BCUT2D eigenvalue weighted by molar-refractivity contribution is 5.93. The lowest BCUT2D eigenvalue weighted by molar-refractivity contribution is -0.162. The molecule has 3 aliphatic heterocycles. The Morgan fingerprint density at radius 3 is 2.68 bits per heavy atom. The normalized spacial score (nSPS) is 31.2. The molecule has 0 radical (unpaired) electrons. The molecule has 2 saturated heterocycles. The number of esters is 1. The highest BCUT2D eigenvalue weighted by Gasteiger charge is 2.62. The number of hydrogen-bond acceptors (Lipinski definition) is 6. The molecule has 1 aromatic carbocycles. The van der Waals surface area contributed by atoms with Gasteiger partial charge < -0.3 is 23.9 Å². The lowest BCUT2D eigenvalue weighted by Gasteiger charge is -2.58. The minimum Gasteiger partial charge on any atom is -0.493 e. The quantitative estimate of drug-likeness (QED) is 0.714. The van der Waals surface area contributed by atoms with E-state index in [9.17, 15) is 4.79 Å². The first kappa shape index (κ1) is 20.6. The number of benzene rings is 1. The van der Waals surface area contributed by atoms with Crippen LogP contribution in [0, 0.1) is 11.8 Å². The highest BCUT2D eigenvalue weighted by Crippen LogP contribution is 2.55. The van der Waals surface area contributed by atoms with E-state index < -0.39 is 5.41 Å². The summed E-state index contributed by atoms with van der Waals surface area (Å²) in [6.07, 6.45) is 3.84. The number of hydrogen-bond donors (Lipinski definition) is 1. The van der Waals surface area contributed by atoms with Crippen molar-refractivity contribution in [3.05, 3.63) is 23.4 Å². The number of carbonyl (C=O) groups is 1. The van der Waals surface area contributed by atoms with Gasteiger partial charge in [0.2, 0.25) is 0 Å². The van der Waals surface area contributed by atoms with Gasteiger partial charge in [0.1, 0.15) is 5.41 Å². The van der Waals surface area contributed by atoms with Gasteiger partial charge in [-0.1, -0.05) is 0 Å². The maximum absolute atomic E-state index is 13.6. The van der Waals surface area contributed by atoms with Crippen LogP contribution in [0.4, 0.5) is 0 Å². The lowest BCUT2D eigenvalue weighted by Crippen LogP contribution is -2.67. The second-order valence-corrected chi connectivity index (χ2v) is 9.23. The van der Waals surface area contributed by atoms with Crippen molar-refractivity contribution in [3.63, 3.8) is 0 Å². The largest absolute Gasteiger partial charge is 0.493 e. The van der Waals surface area contributed by atoms with Crippen LogP contribution in [-0.2, 0) is 26.1 Å². The van der Waals surface area contributed by atoms with Gasteiger partial charge in [0.25, 0.3) is 0 Å². The summed E-state index contributed by atoms with van der Waals surface area (Å²) >= 11 is 0. The summed E-state index contributed by atoms with van der Waals surface area (Å²) in [6, 6.07) is 4.15. The van der Waals surface area contributed by atoms with Crippen molar-refractivity contribution in [1.29, 1.82) is 0 Å². The molecule has 1 aliphatic carbocycles. The molecule has 1 N–H and O–H groups in total. The molecule has 3 fully saturated rings. The Bertz CT molecular complexity index is 1000. The van der Waals surface area contributed by atoms with Crippen LogP contribution in [0.5, 0.6) is 11.5 Å². The second-order valence-electron chi connectivity index (χ2n) is 9.23. The van der Waals surface area contributed by atoms with Crippen LogP contribution >= 0.6 is 0 Å². The molecule has 1 saturated carbocycles. The molecule has 4 bridgehead atoms. The number of aromatic nitrogens is 1. The minimum atomic E-state index is -0.681. The molecular weight excluding hydrogens is 396 g/mol. The minimum absolute atomic E-state index is 0.122. The number of piperidine rings is 2. The number of carbonyl (C=O) groups excluding carboxylic acids is 1. The molecule has 7 nitrogen and oxygen atoms in total. The van der Waals surface area contributed by atoms with E-state index in [-0.39, 0.29) is 12.0 Å². The topological polar surface area (TPSA) is 73.0 Å². The Morgan fingerprint density at radius 2 is 1.97 bits per heavy atom. The van der Waals surface area contributed by atoms with E-state index in [1.165, 1.54) is 12.7 Å². The van der Waals surface area contributed by atoms with Crippen molar-refractivity contribution >= 4 is 16.9 Å². The first-order chi connectivity index (χ1) is 15.1. The summed E-state index contributed by atoms with van der Waals surface area (Å²) in [5.74, 6) is 2.16. The average Bonchev–Trinajstić information content (AvgIpc) is 3.12. The number of nitrogens with one attached hydrogen (secondary N) is 1. The lowest BCUT2D eigenvalue weighted by atomic mass is 9.56. The first-order valence-corrected chi connectivity index (χ1v) is 11.2. The zero-order valence-corrected chi connectivity index (χ0v) is 18.8. The van der Waals surface area contributed by atoms with Crippen molar-refractivity contribution < 1.29 is 23.7 Å². The molecule has 2 aromatic rings. The Balaban J connectivity index is 1.73. The molecular formula is C24H32N2O5. The van der Waals surface area contributed by atoms with Crippen LogP contribution in [0.2, 0.25) is 0 Å². The van der Waals surface area contributed by atoms with Crippen LogP contribution < -0.4 is 9.47 Å². The molecule has 4 aliphatic rings. The number of nitrogens with zero attached hydrogens (tertiary/aromatic N) is 1. The molecule has 5 atom stereocenters. The Kier molecular flexibility index (Phi) is 5.13. The molecule has 4 unspecified atom stereocenters. The third-order valence-electron chi connectivity index (χ3n) is 7.83. The Morgan fingerprint density at radius 1 is 1.19 bits per heavy atom. The number of rotatable bonds is 6. The molecule has 31 heavy (non-hydrogen) atoms. The van der Waals surface area contributed by atoms with E-state index in [0.717, 1.165) is 55.4 Å². The van der Waals surface area contributed by atoms with Gasteiger partial charge in [-0.2, -0.15) is 0 Å². The van der Waals surface area contributed by atoms with Gasteiger partial charge >= 0.3 is 5.97 Å². The smallest absolute Gasteiger partial charge is 0.319 e. The zero-order valence-electron chi connectivity index (χ0n) is 18.8. The Hall–Kier alpha value is -2.25. The molecule has 168 valence electrons. The summed E-state index contributed by atoms with van der Waals surface area (Å²) < 4.78 is 22.0. The van der Waals surface area contributed by atoms with Crippen molar-refractivity contribution in [3.8, 4) is 11.5 Å². The molecule has 0 amide bonds. The van der Waals surface area contributed by atoms with Crippen LogP contribution in [0.15, 0.2) is 12.1 Å². The number of methoxy groups -OCH3 is 4. The van der Waals surface area contributed by atoms with Gasteiger partial charge in [-0.3, -0.25) is 9.69 Å². The molecule has 6 rings (SSSR count). The predicted molar refractivity (Wildman–Crippen MR) is 117 cm³/mol. The van der Waals surface area contributed by atoms with Crippen LogP contribution in [0.1, 0.15) is 30.5 Å². The standard InChI is InChI=1S/C24H32N2O5/c1-28-8-6-15-9-14-12-24(23(27)31-4)21-16(5-7-26(13-14)22(15)24)17-10-19(29-2)20(30-3)11-18(17)25-21/h10-11,14-15,22,25H,5-9,12-13H2,1-4H3/t14-,15?,22?,24?/m0/s1. The highest BCUT2D eigenvalue weighted by atomic mass is 16.5. The van der Waals surface area contributed by atoms with E-state index in [4.69, 9.17) is 18.9 Å². The fourth-order valence-electron chi connectivity index (χ4n) is 6.80. The van der Waals surface area contributed by atoms with Gasteiger partial charge in [0, 0.05) is 55.5 Å². The molecule has 4 heterocycles. The van der Waals surface area contributed by atoms with Crippen LogP contribution in [-0.4, -0.2) is 70.0 Å². The van der Waals surface area contributed by atoms with E-state index >= 15 is 0 Å². The summed E-state index contributed by atoms with van der Waals surface area (Å²) in [5.41, 5.74) is 2.54. The van der Waals surface area contributed by atoms with Crippen molar-refractivity contribution in [1.82, 2.24) is 9.88 Å². The number of ether oxygens (including phenoxy) is 4. The van der Waals surface area contributed by atoms with E-state index in [2.05, 4.69) is 9.88 Å². The van der Waals surface area contributed by atoms with E-state index in [1.807, 2.05) is 12.1 Å². The number of aromatic amines is 1. The van der Waals surface area contributed by atoms with Crippen molar-refractivity contribution in [2.24, 2.45) is 11.8 Å². The van der Waals surface area contributed by atoms with Gasteiger partial charge in [0.05, 0.1) is 21.3 Å². The van der Waals surface area contributed by atoms with Crippen LogP contribution in [0.25, 0.3) is 10.9 Å². The van der Waals surface area contributed by atoms with Gasteiger partial charge in [-0.15, -0.1) is 0 Å². The zero-order chi connectivity index (χ0) is 21.8. The summed E-state index contributed by atoms with van der Waals surface area (Å²) in [5, 5.41) is 1.11. The van der Waals surface area contributed by atoms with E-state index in [0.29, 0.717) is 29.9 Å². The third-order valence-corrected chi connectivity index (χ3v) is 7.83. The predicted octanol–water partition coefficient (Wildman–Crippen LogP) is 2.90. The van der Waals surface area contributed by atoms with Gasteiger partial charge in [0.15, 0.2) is 11.5 Å². The van der Waals surface area contributed by atoms with Gasteiger partial charge in [-0.25, -0.2) is 0 Å². The van der Waals surface area contributed by atoms with Gasteiger partial charge in [-0.05, 0) is 49.1 Å². The second kappa shape index (κ2) is 7.71. The first-order valence-electron chi connectivity index (χ1n) is 11.2. The number of H-pyrrole nitrogens is 1. The van der Waals surface area contributed by atoms with Crippen molar-refractivity contribution in [2.75, 3.05) is 48.1 Å². The van der Waals surface area contributed by atoms with Crippen molar-refractivity contribution in [2.45, 2.75) is 37.1 Å². The fourth-order valence-corrected chi connectivity index (χ4v) is 6.80. The summed E-state index contributed by atoms with van der Waals surface area (Å²) in [7, 11) is 6.57. The Labute approximate surface area is 183 Å². The maximum Gasteiger partial charge on any atom is 0.319 e. The number of fused-ring (bicyclic) bond motifs is 4. The summed E-state index contributed by atoms with van der Waals surface area (Å²) in [6.45, 7) is 2.72. The van der Waals surface area contributed by atoms with Crippen LogP contribution in [0.3, 0.4) is 0 Å². The third kappa shape index (κ3) is 2.89.